The van der Waals surface area contributed by atoms with Gasteiger partial charge in [-0.25, -0.2) is 0 Å². The Morgan fingerprint density at radius 3 is 2.93 bits per heavy atom. The highest BCUT2D eigenvalue weighted by atomic mass is 16.2. The number of nitrogens with one attached hydrogen (secondary N) is 2. The summed E-state index contributed by atoms with van der Waals surface area (Å²) >= 11 is 0. The van der Waals surface area contributed by atoms with E-state index in [-0.39, 0.29) is 31.6 Å². The number of carbonyl (C=O) groups excluding carboxylic acids is 1. The molecule has 0 aromatic carbocycles. The maximum absolute atomic E-state index is 11.0. The Balaban J connectivity index is 3.41. The molecule has 0 rings (SSSR count). The minimum Gasteiger partial charge on any atom is -0.396 e. The first-order chi connectivity index (χ1) is 6.70. The molecule has 0 heterocycles. The molecule has 0 fully saturated rings. The normalized spacial score (nSPS) is 11.8. The minimum atomic E-state index is -0.178. The minimum absolute atomic E-state index is 0.0472. The second-order valence-electron chi connectivity index (χ2n) is 3.08. The lowest BCUT2D eigenvalue weighted by atomic mass is 10.2. The van der Waals surface area contributed by atoms with Gasteiger partial charge >= 0.3 is 0 Å². The van der Waals surface area contributed by atoms with E-state index in [1.165, 1.54) is 0 Å². The van der Waals surface area contributed by atoms with Crippen molar-refractivity contribution in [2.45, 2.75) is 25.8 Å². The standard InChI is InChI=1S/C9H17N3O2/c1-8(3-2-6-13)12-7-9(14)11-5-4-10/h8,12-13H,2-3,5-7H2,1H3,(H,11,14). The summed E-state index contributed by atoms with van der Waals surface area (Å²) in [5.41, 5.74) is 0. The summed E-state index contributed by atoms with van der Waals surface area (Å²) in [4.78, 5) is 11.0. The molecule has 0 aromatic heterocycles. The predicted molar refractivity (Wildman–Crippen MR) is 52.4 cm³/mol. The fourth-order valence-corrected chi connectivity index (χ4v) is 0.967. The van der Waals surface area contributed by atoms with Crippen molar-refractivity contribution in [1.82, 2.24) is 10.6 Å². The van der Waals surface area contributed by atoms with Crippen molar-refractivity contribution in [2.75, 3.05) is 19.7 Å². The van der Waals surface area contributed by atoms with Crippen LogP contribution >= 0.6 is 0 Å². The largest absolute Gasteiger partial charge is 0.396 e. The van der Waals surface area contributed by atoms with Crippen LogP contribution in [0.3, 0.4) is 0 Å². The number of rotatable bonds is 7. The summed E-state index contributed by atoms with van der Waals surface area (Å²) in [6.07, 6.45) is 1.57. The summed E-state index contributed by atoms with van der Waals surface area (Å²) in [6, 6.07) is 2.03. The van der Waals surface area contributed by atoms with Gasteiger partial charge in [0.1, 0.15) is 6.54 Å². The number of hydrogen-bond donors (Lipinski definition) is 3. The Morgan fingerprint density at radius 2 is 2.36 bits per heavy atom. The molecule has 0 aliphatic heterocycles. The predicted octanol–water partition coefficient (Wildman–Crippen LogP) is -0.623. The fraction of sp³-hybridized carbons (Fsp3) is 0.778. The molecule has 0 aromatic rings. The second kappa shape index (κ2) is 8.48. The zero-order valence-electron chi connectivity index (χ0n) is 8.42. The lowest BCUT2D eigenvalue weighted by Crippen LogP contribution is -2.38. The zero-order chi connectivity index (χ0) is 10.8. The third kappa shape index (κ3) is 7.53. The molecule has 5 heteroatoms. The SMILES string of the molecule is CC(CCCO)NCC(=O)NCC#N. The average molecular weight is 199 g/mol. The number of carbonyl (C=O) groups is 1. The van der Waals surface area contributed by atoms with Gasteiger partial charge in [0.2, 0.25) is 5.91 Å². The number of nitriles is 1. The number of nitrogens with zero attached hydrogens (tertiary/aromatic N) is 1. The fourth-order valence-electron chi connectivity index (χ4n) is 0.967. The maximum Gasteiger partial charge on any atom is 0.234 e. The average Bonchev–Trinajstić information content (AvgIpc) is 2.20. The molecule has 0 aliphatic rings. The van der Waals surface area contributed by atoms with Crippen molar-refractivity contribution in [3.05, 3.63) is 0 Å². The van der Waals surface area contributed by atoms with Crippen LogP contribution in [0.5, 0.6) is 0 Å². The lowest BCUT2D eigenvalue weighted by Gasteiger charge is -2.11. The van der Waals surface area contributed by atoms with Gasteiger partial charge in [-0.15, -0.1) is 0 Å². The van der Waals surface area contributed by atoms with Gasteiger partial charge in [-0.05, 0) is 19.8 Å². The number of aliphatic hydroxyl groups is 1. The van der Waals surface area contributed by atoms with Crippen molar-refractivity contribution in [1.29, 1.82) is 5.26 Å². The van der Waals surface area contributed by atoms with Crippen LogP contribution in [-0.4, -0.2) is 36.8 Å². The molecule has 0 radical (unpaired) electrons. The highest BCUT2D eigenvalue weighted by molar-refractivity contribution is 5.78. The summed E-state index contributed by atoms with van der Waals surface area (Å²) in [7, 11) is 0. The Kier molecular flexibility index (Phi) is 7.80. The van der Waals surface area contributed by atoms with E-state index >= 15 is 0 Å². The molecule has 1 atom stereocenters. The topological polar surface area (TPSA) is 85.2 Å². The molecule has 0 spiro atoms. The molecule has 1 amide bonds. The van der Waals surface area contributed by atoms with Crippen LogP contribution in [0.25, 0.3) is 0 Å². The molecule has 1 unspecified atom stereocenters. The first-order valence-corrected chi connectivity index (χ1v) is 4.68. The molecule has 14 heavy (non-hydrogen) atoms. The highest BCUT2D eigenvalue weighted by Gasteiger charge is 2.04. The third-order valence-electron chi connectivity index (χ3n) is 1.77. The van der Waals surface area contributed by atoms with Crippen LogP contribution in [-0.2, 0) is 4.79 Å². The maximum atomic E-state index is 11.0. The van der Waals surface area contributed by atoms with Crippen molar-refractivity contribution >= 4 is 5.91 Å². The molecule has 0 saturated heterocycles. The zero-order valence-corrected chi connectivity index (χ0v) is 8.42. The second-order valence-corrected chi connectivity index (χ2v) is 3.08. The number of hydrogen-bond acceptors (Lipinski definition) is 4. The molecule has 3 N–H and O–H groups in total. The number of aliphatic hydroxyl groups excluding tert-OH is 1. The van der Waals surface area contributed by atoms with Crippen LogP contribution in [0, 0.1) is 11.3 Å². The third-order valence-corrected chi connectivity index (χ3v) is 1.77. The van der Waals surface area contributed by atoms with E-state index in [2.05, 4.69) is 10.6 Å². The van der Waals surface area contributed by atoms with Gasteiger partial charge in [0.25, 0.3) is 0 Å². The molecule has 0 aliphatic carbocycles. The van der Waals surface area contributed by atoms with Crippen molar-refractivity contribution < 1.29 is 9.90 Å². The van der Waals surface area contributed by atoms with Crippen LogP contribution in [0.2, 0.25) is 0 Å². The van der Waals surface area contributed by atoms with Gasteiger partial charge in [-0.1, -0.05) is 0 Å². The summed E-state index contributed by atoms with van der Waals surface area (Å²) in [6.45, 7) is 2.39. The summed E-state index contributed by atoms with van der Waals surface area (Å²) in [5.74, 6) is -0.178. The molecular weight excluding hydrogens is 182 g/mol. The van der Waals surface area contributed by atoms with E-state index in [1.807, 2.05) is 13.0 Å². The first kappa shape index (κ1) is 12.9. The molecular formula is C9H17N3O2. The van der Waals surface area contributed by atoms with Gasteiger partial charge < -0.3 is 15.7 Å². The molecule has 0 saturated carbocycles. The van der Waals surface area contributed by atoms with Gasteiger partial charge in [0.05, 0.1) is 12.6 Å². The molecule has 5 nitrogen and oxygen atoms in total. The van der Waals surface area contributed by atoms with Crippen LogP contribution in [0.15, 0.2) is 0 Å². The van der Waals surface area contributed by atoms with E-state index in [9.17, 15) is 4.79 Å². The van der Waals surface area contributed by atoms with Crippen LogP contribution in [0.1, 0.15) is 19.8 Å². The summed E-state index contributed by atoms with van der Waals surface area (Å²) < 4.78 is 0. The van der Waals surface area contributed by atoms with Gasteiger partial charge in [-0.2, -0.15) is 5.26 Å². The van der Waals surface area contributed by atoms with Crippen LogP contribution in [0.4, 0.5) is 0 Å². The molecule has 80 valence electrons. The van der Waals surface area contributed by atoms with E-state index in [0.29, 0.717) is 0 Å². The van der Waals surface area contributed by atoms with E-state index in [0.717, 1.165) is 12.8 Å². The van der Waals surface area contributed by atoms with Gasteiger partial charge in [0.15, 0.2) is 0 Å². The quantitative estimate of drug-likeness (QED) is 0.477. The van der Waals surface area contributed by atoms with E-state index in [1.54, 1.807) is 0 Å². The lowest BCUT2D eigenvalue weighted by molar-refractivity contribution is -0.120. The smallest absolute Gasteiger partial charge is 0.234 e. The van der Waals surface area contributed by atoms with Crippen molar-refractivity contribution in [3.8, 4) is 6.07 Å². The Hall–Kier alpha value is -1.12. The number of amides is 1. The van der Waals surface area contributed by atoms with Gasteiger partial charge in [-0.3, -0.25) is 4.79 Å². The highest BCUT2D eigenvalue weighted by Crippen LogP contribution is 1.93. The van der Waals surface area contributed by atoms with E-state index < -0.39 is 0 Å². The first-order valence-electron chi connectivity index (χ1n) is 4.68. The molecule has 0 bridgehead atoms. The Bertz CT molecular complexity index is 201. The van der Waals surface area contributed by atoms with Crippen molar-refractivity contribution in [3.63, 3.8) is 0 Å². The monoisotopic (exact) mass is 199 g/mol. The van der Waals surface area contributed by atoms with Crippen LogP contribution < -0.4 is 10.6 Å². The van der Waals surface area contributed by atoms with Gasteiger partial charge in [0, 0.05) is 12.6 Å². The summed E-state index contributed by atoms with van der Waals surface area (Å²) in [5, 5.41) is 22.2. The Morgan fingerprint density at radius 1 is 1.64 bits per heavy atom. The Labute approximate surface area is 84.1 Å². The van der Waals surface area contributed by atoms with E-state index in [4.69, 9.17) is 10.4 Å². The van der Waals surface area contributed by atoms with Crippen molar-refractivity contribution in [2.24, 2.45) is 0 Å².